The largest absolute Gasteiger partial charge is 0.397 e. The average Bonchev–Trinajstić information content (AvgIpc) is 2.44. The van der Waals surface area contributed by atoms with Crippen LogP contribution in [-0.4, -0.2) is 11.7 Å². The number of para-hydroxylation sites is 1. The Morgan fingerprint density at radius 1 is 1.14 bits per heavy atom. The summed E-state index contributed by atoms with van der Waals surface area (Å²) in [5.74, 6) is 0.333. The maximum absolute atomic E-state index is 12.1. The van der Waals surface area contributed by atoms with Crippen LogP contribution in [0, 0.1) is 20.8 Å². The Hall–Kier alpha value is -1.94. The molecule has 0 aliphatic rings. The van der Waals surface area contributed by atoms with Crippen LogP contribution in [0.1, 0.15) is 16.7 Å². The van der Waals surface area contributed by atoms with Crippen molar-refractivity contribution < 1.29 is 4.79 Å². The normalized spacial score (nSPS) is 10.4. The molecule has 2 aromatic rings. The number of hydrogen-bond acceptors (Lipinski definition) is 3. The molecule has 0 heterocycles. The maximum Gasteiger partial charge on any atom is 0.234 e. The first kappa shape index (κ1) is 15.4. The number of nitrogen functional groups attached to an aromatic ring is 1. The predicted molar refractivity (Wildman–Crippen MR) is 90.9 cm³/mol. The van der Waals surface area contributed by atoms with Crippen LogP contribution in [0.15, 0.2) is 41.3 Å². The smallest absolute Gasteiger partial charge is 0.234 e. The molecular formula is C17H20N2OS. The Bertz CT molecular complexity index is 648. The molecule has 0 saturated carbocycles. The van der Waals surface area contributed by atoms with Crippen LogP contribution in [0.2, 0.25) is 0 Å². The highest BCUT2D eigenvalue weighted by Gasteiger charge is 2.09. The number of thioether (sulfide) groups is 1. The summed E-state index contributed by atoms with van der Waals surface area (Å²) < 4.78 is 0. The molecule has 0 radical (unpaired) electrons. The van der Waals surface area contributed by atoms with Gasteiger partial charge >= 0.3 is 0 Å². The fourth-order valence-electron chi connectivity index (χ4n) is 2.04. The molecule has 0 aromatic heterocycles. The predicted octanol–water partition coefficient (Wildman–Crippen LogP) is 3.92. The van der Waals surface area contributed by atoms with Crippen molar-refractivity contribution >= 4 is 29.0 Å². The molecule has 0 bridgehead atoms. The number of carbonyl (C=O) groups excluding carboxylic acids is 1. The van der Waals surface area contributed by atoms with Gasteiger partial charge in [-0.2, -0.15) is 0 Å². The van der Waals surface area contributed by atoms with E-state index in [-0.39, 0.29) is 5.91 Å². The number of rotatable bonds is 4. The molecule has 0 fully saturated rings. The maximum atomic E-state index is 12.1. The zero-order chi connectivity index (χ0) is 15.4. The zero-order valence-electron chi connectivity index (χ0n) is 12.6. The third-order valence-corrected chi connectivity index (χ3v) is 4.43. The Kier molecular flexibility index (Phi) is 4.91. The fraction of sp³-hybridized carbons (Fsp3) is 0.235. The lowest BCUT2D eigenvalue weighted by molar-refractivity contribution is -0.113. The lowest BCUT2D eigenvalue weighted by Gasteiger charge is -2.11. The van der Waals surface area contributed by atoms with E-state index < -0.39 is 0 Å². The van der Waals surface area contributed by atoms with Gasteiger partial charge in [0.05, 0.1) is 17.1 Å². The second-order valence-corrected chi connectivity index (χ2v) is 6.16. The number of anilines is 2. The first-order chi connectivity index (χ1) is 9.97. The highest BCUT2D eigenvalue weighted by Crippen LogP contribution is 2.25. The highest BCUT2D eigenvalue weighted by molar-refractivity contribution is 8.00. The van der Waals surface area contributed by atoms with Crippen molar-refractivity contribution in [3.63, 3.8) is 0 Å². The Morgan fingerprint density at radius 2 is 1.90 bits per heavy atom. The first-order valence-corrected chi connectivity index (χ1v) is 7.81. The number of nitrogens with two attached hydrogens (primary N) is 1. The van der Waals surface area contributed by atoms with Crippen LogP contribution in [0.3, 0.4) is 0 Å². The van der Waals surface area contributed by atoms with E-state index in [1.807, 2.05) is 19.1 Å². The first-order valence-electron chi connectivity index (χ1n) is 6.82. The van der Waals surface area contributed by atoms with Gasteiger partial charge in [-0.15, -0.1) is 11.8 Å². The highest BCUT2D eigenvalue weighted by atomic mass is 32.2. The Morgan fingerprint density at radius 3 is 2.62 bits per heavy atom. The summed E-state index contributed by atoms with van der Waals surface area (Å²) in [7, 11) is 0. The van der Waals surface area contributed by atoms with Gasteiger partial charge in [0.2, 0.25) is 5.91 Å². The van der Waals surface area contributed by atoms with E-state index in [1.54, 1.807) is 17.8 Å². The van der Waals surface area contributed by atoms with Crippen LogP contribution in [0.5, 0.6) is 0 Å². The minimum atomic E-state index is -0.0399. The molecule has 0 spiro atoms. The second kappa shape index (κ2) is 6.68. The van der Waals surface area contributed by atoms with Crippen molar-refractivity contribution in [1.82, 2.24) is 0 Å². The molecule has 0 unspecified atom stereocenters. The molecule has 1 amide bonds. The molecule has 21 heavy (non-hydrogen) atoms. The van der Waals surface area contributed by atoms with Gasteiger partial charge in [0.1, 0.15) is 0 Å². The number of nitrogens with one attached hydrogen (secondary N) is 1. The van der Waals surface area contributed by atoms with Gasteiger partial charge in [0, 0.05) is 4.90 Å². The fourth-order valence-corrected chi connectivity index (χ4v) is 2.97. The van der Waals surface area contributed by atoms with E-state index in [9.17, 15) is 4.79 Å². The molecule has 3 N–H and O–H groups in total. The van der Waals surface area contributed by atoms with E-state index in [1.165, 1.54) is 11.1 Å². The molecule has 110 valence electrons. The third-order valence-electron chi connectivity index (χ3n) is 3.27. The Balaban J connectivity index is 2.01. The lowest BCUT2D eigenvalue weighted by atomic mass is 10.1. The summed E-state index contributed by atoms with van der Waals surface area (Å²) >= 11 is 1.55. The molecule has 2 rings (SSSR count). The second-order valence-electron chi connectivity index (χ2n) is 5.14. The van der Waals surface area contributed by atoms with Crippen molar-refractivity contribution in [2.45, 2.75) is 25.7 Å². The summed E-state index contributed by atoms with van der Waals surface area (Å²) in [4.78, 5) is 13.2. The van der Waals surface area contributed by atoms with E-state index in [0.717, 1.165) is 10.5 Å². The van der Waals surface area contributed by atoms with Crippen molar-refractivity contribution in [3.8, 4) is 0 Å². The molecule has 3 nitrogen and oxygen atoms in total. The summed E-state index contributed by atoms with van der Waals surface area (Å²) in [6, 6.07) is 11.9. The average molecular weight is 300 g/mol. The van der Waals surface area contributed by atoms with E-state index in [0.29, 0.717) is 17.1 Å². The molecule has 2 aromatic carbocycles. The van der Waals surface area contributed by atoms with Gasteiger partial charge in [-0.3, -0.25) is 4.79 Å². The topological polar surface area (TPSA) is 55.1 Å². The van der Waals surface area contributed by atoms with Crippen molar-refractivity contribution in [2.75, 3.05) is 16.8 Å². The van der Waals surface area contributed by atoms with Crippen molar-refractivity contribution in [3.05, 3.63) is 53.1 Å². The standard InChI is InChI=1S/C17H20N2OS/c1-11-7-8-12(2)15(9-11)21-10-16(20)19-17-13(3)5-4-6-14(17)18/h4-9H,10,18H2,1-3H3,(H,19,20). The van der Waals surface area contributed by atoms with Crippen LogP contribution in [0.4, 0.5) is 11.4 Å². The SMILES string of the molecule is Cc1ccc(C)c(SCC(=O)Nc2c(C)cccc2N)c1. The molecule has 0 atom stereocenters. The van der Waals surface area contributed by atoms with E-state index in [2.05, 4.69) is 37.4 Å². The molecule has 0 saturated heterocycles. The van der Waals surface area contributed by atoms with E-state index >= 15 is 0 Å². The summed E-state index contributed by atoms with van der Waals surface area (Å²) in [5, 5.41) is 2.90. The number of hydrogen-bond donors (Lipinski definition) is 2. The number of amides is 1. The number of carbonyl (C=O) groups is 1. The summed E-state index contributed by atoms with van der Waals surface area (Å²) in [5.41, 5.74) is 10.6. The summed E-state index contributed by atoms with van der Waals surface area (Å²) in [6.45, 7) is 6.04. The third kappa shape index (κ3) is 4.02. The van der Waals surface area contributed by atoms with Gasteiger partial charge < -0.3 is 11.1 Å². The number of benzene rings is 2. The van der Waals surface area contributed by atoms with Crippen molar-refractivity contribution in [1.29, 1.82) is 0 Å². The van der Waals surface area contributed by atoms with Crippen LogP contribution < -0.4 is 11.1 Å². The summed E-state index contributed by atoms with van der Waals surface area (Å²) in [6.07, 6.45) is 0. The van der Waals surface area contributed by atoms with Gasteiger partial charge in [-0.05, 0) is 44.0 Å². The molecule has 0 aliphatic carbocycles. The van der Waals surface area contributed by atoms with Crippen LogP contribution in [0.25, 0.3) is 0 Å². The minimum absolute atomic E-state index is 0.0399. The molecule has 0 aliphatic heterocycles. The van der Waals surface area contributed by atoms with Gasteiger partial charge in [0.15, 0.2) is 0 Å². The monoisotopic (exact) mass is 300 g/mol. The molecular weight excluding hydrogens is 280 g/mol. The minimum Gasteiger partial charge on any atom is -0.397 e. The van der Waals surface area contributed by atoms with Gasteiger partial charge in [-0.1, -0.05) is 29.8 Å². The van der Waals surface area contributed by atoms with E-state index in [4.69, 9.17) is 5.73 Å². The van der Waals surface area contributed by atoms with Gasteiger partial charge in [0.25, 0.3) is 0 Å². The molecule has 4 heteroatoms. The quantitative estimate of drug-likeness (QED) is 0.664. The number of aryl methyl sites for hydroxylation is 3. The lowest BCUT2D eigenvalue weighted by Crippen LogP contribution is -2.16. The van der Waals surface area contributed by atoms with Gasteiger partial charge in [-0.25, -0.2) is 0 Å². The van der Waals surface area contributed by atoms with Crippen LogP contribution >= 0.6 is 11.8 Å². The van der Waals surface area contributed by atoms with Crippen molar-refractivity contribution in [2.24, 2.45) is 0 Å². The van der Waals surface area contributed by atoms with Crippen LogP contribution in [-0.2, 0) is 4.79 Å². The Labute approximate surface area is 129 Å². The zero-order valence-corrected chi connectivity index (χ0v) is 13.4.